The maximum Gasteiger partial charge on any atom is 0.185 e. The van der Waals surface area contributed by atoms with Crippen molar-refractivity contribution in [1.29, 1.82) is 0 Å². The molecule has 16 heavy (non-hydrogen) atoms. The molecule has 0 amide bonds. The first-order chi connectivity index (χ1) is 7.34. The Bertz CT molecular complexity index is 415. The number of ketones is 1. The lowest BCUT2D eigenvalue weighted by Crippen LogP contribution is -2.14. The van der Waals surface area contributed by atoms with Gasteiger partial charge in [-0.15, -0.1) is 0 Å². The van der Waals surface area contributed by atoms with Gasteiger partial charge in [0.1, 0.15) is 5.69 Å². The van der Waals surface area contributed by atoms with E-state index in [0.717, 1.165) is 12.2 Å². The molecule has 1 aliphatic carbocycles. The molecule has 1 heterocycles. The maximum absolute atomic E-state index is 12.4. The van der Waals surface area contributed by atoms with Crippen LogP contribution in [0.5, 0.6) is 0 Å². The van der Waals surface area contributed by atoms with Gasteiger partial charge in [-0.25, -0.2) is 0 Å². The highest BCUT2D eigenvalue weighted by Crippen LogP contribution is 2.69. The molecule has 3 heteroatoms. The van der Waals surface area contributed by atoms with Crippen LogP contribution < -0.4 is 0 Å². The average Bonchev–Trinajstić information content (AvgIpc) is 2.58. The van der Waals surface area contributed by atoms with Crippen LogP contribution >= 0.6 is 0 Å². The van der Waals surface area contributed by atoms with Crippen molar-refractivity contribution in [2.24, 2.45) is 16.7 Å². The van der Waals surface area contributed by atoms with Crippen molar-refractivity contribution in [2.45, 2.75) is 41.2 Å². The second-order valence-corrected chi connectivity index (χ2v) is 5.77. The number of hydrogen-bond donors (Lipinski definition) is 0. The molecule has 2 rings (SSSR count). The average molecular weight is 220 g/mol. The molecule has 88 valence electrons. The van der Waals surface area contributed by atoms with Crippen LogP contribution in [0.15, 0.2) is 12.3 Å². The fourth-order valence-electron chi connectivity index (χ4n) is 2.79. The smallest absolute Gasteiger partial charge is 0.185 e. The van der Waals surface area contributed by atoms with Gasteiger partial charge < -0.3 is 0 Å². The molecule has 0 saturated heterocycles. The predicted molar refractivity (Wildman–Crippen MR) is 63.3 cm³/mol. The van der Waals surface area contributed by atoms with Gasteiger partial charge in [0.15, 0.2) is 5.78 Å². The highest BCUT2D eigenvalue weighted by molar-refractivity contribution is 5.99. The lowest BCUT2D eigenvalue weighted by molar-refractivity contribution is 0.0934. The van der Waals surface area contributed by atoms with Crippen LogP contribution in [0.3, 0.4) is 0 Å². The molecule has 0 aliphatic heterocycles. The zero-order chi connectivity index (χ0) is 12.1. The van der Waals surface area contributed by atoms with Crippen molar-refractivity contribution < 1.29 is 4.79 Å². The van der Waals surface area contributed by atoms with Crippen LogP contribution in [-0.4, -0.2) is 15.6 Å². The fourth-order valence-corrected chi connectivity index (χ4v) is 2.79. The summed E-state index contributed by atoms with van der Waals surface area (Å²) in [6.45, 7) is 11.4. The van der Waals surface area contributed by atoms with E-state index in [1.807, 2.05) is 13.0 Å². The van der Waals surface area contributed by atoms with E-state index in [-0.39, 0.29) is 22.5 Å². The number of carbonyl (C=O) groups excluding carboxylic acids is 1. The van der Waals surface area contributed by atoms with Crippen LogP contribution in [0.1, 0.15) is 45.1 Å². The maximum atomic E-state index is 12.4. The number of rotatable bonds is 3. The summed E-state index contributed by atoms with van der Waals surface area (Å²) < 4.78 is 1.78. The largest absolute Gasteiger partial charge is 0.292 e. The molecule has 1 fully saturated rings. The van der Waals surface area contributed by atoms with Gasteiger partial charge in [0.05, 0.1) is 0 Å². The van der Waals surface area contributed by atoms with Gasteiger partial charge in [-0.1, -0.05) is 27.7 Å². The normalized spacial score (nSPS) is 22.1. The van der Waals surface area contributed by atoms with Crippen LogP contribution in [-0.2, 0) is 6.54 Å². The first-order valence-electron chi connectivity index (χ1n) is 5.90. The van der Waals surface area contributed by atoms with E-state index >= 15 is 0 Å². The van der Waals surface area contributed by atoms with Gasteiger partial charge in [-0.3, -0.25) is 9.48 Å². The Kier molecular flexibility index (Phi) is 2.26. The van der Waals surface area contributed by atoms with E-state index in [2.05, 4.69) is 32.8 Å². The minimum absolute atomic E-state index is 0.104. The van der Waals surface area contributed by atoms with Gasteiger partial charge in [-0.2, -0.15) is 5.10 Å². The Morgan fingerprint density at radius 1 is 1.38 bits per heavy atom. The molecular weight excluding hydrogens is 200 g/mol. The minimum atomic E-state index is 0.104. The molecule has 1 aliphatic rings. The molecule has 1 saturated carbocycles. The van der Waals surface area contributed by atoms with Gasteiger partial charge in [0.25, 0.3) is 0 Å². The first-order valence-corrected chi connectivity index (χ1v) is 5.90. The summed E-state index contributed by atoms with van der Waals surface area (Å²) in [5.74, 6) is 0.372. The zero-order valence-electron chi connectivity index (χ0n) is 10.7. The van der Waals surface area contributed by atoms with Crippen molar-refractivity contribution >= 4 is 5.78 Å². The predicted octanol–water partition coefficient (Wildman–Crippen LogP) is 2.77. The number of Topliss-reactive ketones (excluding diaryl/α,β-unsaturated/α-hetero) is 1. The Labute approximate surface area is 96.8 Å². The Hall–Kier alpha value is -1.12. The molecule has 0 unspecified atom stereocenters. The van der Waals surface area contributed by atoms with Gasteiger partial charge >= 0.3 is 0 Å². The van der Waals surface area contributed by atoms with Crippen molar-refractivity contribution in [3.8, 4) is 0 Å². The molecule has 0 radical (unpaired) electrons. The minimum Gasteiger partial charge on any atom is -0.292 e. The van der Waals surface area contributed by atoms with E-state index < -0.39 is 0 Å². The Balaban J connectivity index is 2.29. The van der Waals surface area contributed by atoms with Crippen LogP contribution in [0, 0.1) is 16.7 Å². The third-order valence-electron chi connectivity index (χ3n) is 4.55. The molecule has 0 N–H and O–H groups in total. The molecule has 3 nitrogen and oxygen atoms in total. The summed E-state index contributed by atoms with van der Waals surface area (Å²) in [5.41, 5.74) is 0.964. The number of hydrogen-bond acceptors (Lipinski definition) is 2. The van der Waals surface area contributed by atoms with Gasteiger partial charge in [-0.05, 0) is 23.8 Å². The molecule has 0 spiro atoms. The SMILES string of the molecule is CCn1nccc1C(=O)C1C(C)(C)C1(C)C. The van der Waals surface area contributed by atoms with Crippen molar-refractivity contribution in [1.82, 2.24) is 9.78 Å². The van der Waals surface area contributed by atoms with Crippen LogP contribution in [0.4, 0.5) is 0 Å². The van der Waals surface area contributed by atoms with Crippen molar-refractivity contribution in [3.05, 3.63) is 18.0 Å². The standard InChI is InChI=1S/C13H20N2O/c1-6-15-9(7-8-14-15)10(16)11-12(2,3)13(11,4)5/h7-8,11H,6H2,1-5H3. The van der Waals surface area contributed by atoms with Gasteiger partial charge in [0, 0.05) is 18.7 Å². The topological polar surface area (TPSA) is 34.9 Å². The summed E-state index contributed by atoms with van der Waals surface area (Å²) in [6.07, 6.45) is 1.71. The molecule has 0 atom stereocenters. The van der Waals surface area contributed by atoms with Crippen LogP contribution in [0.25, 0.3) is 0 Å². The second-order valence-electron chi connectivity index (χ2n) is 5.77. The molecular formula is C13H20N2O. The van der Waals surface area contributed by atoms with E-state index in [9.17, 15) is 4.79 Å². The summed E-state index contributed by atoms with van der Waals surface area (Å²) in [4.78, 5) is 12.4. The number of carbonyl (C=O) groups is 1. The summed E-state index contributed by atoms with van der Waals surface area (Å²) in [5, 5.41) is 4.16. The number of aryl methyl sites for hydroxylation is 1. The summed E-state index contributed by atoms with van der Waals surface area (Å²) in [6, 6.07) is 1.83. The van der Waals surface area contributed by atoms with E-state index in [1.165, 1.54) is 0 Å². The summed E-state index contributed by atoms with van der Waals surface area (Å²) >= 11 is 0. The zero-order valence-corrected chi connectivity index (χ0v) is 10.7. The highest BCUT2D eigenvalue weighted by Gasteiger charge is 2.68. The second kappa shape index (κ2) is 3.19. The molecule has 1 aromatic heterocycles. The lowest BCUT2D eigenvalue weighted by atomic mass is 10.0. The number of nitrogens with zero attached hydrogens (tertiary/aromatic N) is 2. The number of aromatic nitrogens is 2. The first kappa shape index (κ1) is 11.4. The Morgan fingerprint density at radius 2 is 1.94 bits per heavy atom. The van der Waals surface area contributed by atoms with E-state index in [4.69, 9.17) is 0 Å². The molecule has 0 bridgehead atoms. The quantitative estimate of drug-likeness (QED) is 0.734. The van der Waals surface area contributed by atoms with Crippen LogP contribution in [0.2, 0.25) is 0 Å². The van der Waals surface area contributed by atoms with E-state index in [0.29, 0.717) is 0 Å². The van der Waals surface area contributed by atoms with Crippen molar-refractivity contribution in [2.75, 3.05) is 0 Å². The molecule has 1 aromatic rings. The fraction of sp³-hybridized carbons (Fsp3) is 0.692. The van der Waals surface area contributed by atoms with Crippen molar-refractivity contribution in [3.63, 3.8) is 0 Å². The summed E-state index contributed by atoms with van der Waals surface area (Å²) in [7, 11) is 0. The van der Waals surface area contributed by atoms with E-state index in [1.54, 1.807) is 10.9 Å². The third-order valence-corrected chi connectivity index (χ3v) is 4.55. The third kappa shape index (κ3) is 1.27. The molecule has 0 aromatic carbocycles. The Morgan fingerprint density at radius 3 is 2.38 bits per heavy atom. The van der Waals surface area contributed by atoms with Gasteiger partial charge in [0.2, 0.25) is 0 Å². The monoisotopic (exact) mass is 220 g/mol. The lowest BCUT2D eigenvalue weighted by Gasteiger charge is -2.04. The highest BCUT2D eigenvalue weighted by atomic mass is 16.1.